The Morgan fingerprint density at radius 2 is 2.00 bits per heavy atom. The maximum absolute atomic E-state index is 13.0. The van der Waals surface area contributed by atoms with Gasteiger partial charge in [0.2, 0.25) is 5.91 Å². The van der Waals surface area contributed by atoms with Crippen LogP contribution >= 0.6 is 0 Å². The zero-order chi connectivity index (χ0) is 23.8. The average Bonchev–Trinajstić information content (AvgIpc) is 2.74. The van der Waals surface area contributed by atoms with Crippen LogP contribution in [0.5, 0.6) is 5.75 Å². The molecule has 1 saturated heterocycles. The summed E-state index contributed by atoms with van der Waals surface area (Å²) in [6.45, 7) is 3.79. The topological polar surface area (TPSA) is 105 Å². The fourth-order valence-electron chi connectivity index (χ4n) is 4.26. The van der Waals surface area contributed by atoms with Gasteiger partial charge in [0, 0.05) is 24.6 Å². The molecule has 3 N–H and O–H groups in total. The second kappa shape index (κ2) is 11.8. The van der Waals surface area contributed by atoms with Gasteiger partial charge in [0.05, 0.1) is 18.3 Å². The lowest BCUT2D eigenvalue weighted by atomic mass is 9.91. The second-order valence-electron chi connectivity index (χ2n) is 8.59. The molecule has 3 rings (SSSR count). The molecule has 7 heteroatoms. The quantitative estimate of drug-likeness (QED) is 0.343. The number of esters is 1. The molecule has 1 aromatic carbocycles. The lowest BCUT2D eigenvalue weighted by molar-refractivity contribution is -0.116. The van der Waals surface area contributed by atoms with E-state index in [0.29, 0.717) is 43.4 Å². The Morgan fingerprint density at radius 3 is 2.79 bits per heavy atom. The number of carbonyl (C=O) groups excluding carboxylic acids is 2. The molecule has 0 aromatic heterocycles. The summed E-state index contributed by atoms with van der Waals surface area (Å²) in [4.78, 5) is 25.0. The fourth-order valence-corrected chi connectivity index (χ4v) is 4.26. The first kappa shape index (κ1) is 24.7. The Labute approximate surface area is 194 Å². The van der Waals surface area contributed by atoms with Crippen LogP contribution in [0.4, 0.5) is 0 Å². The summed E-state index contributed by atoms with van der Waals surface area (Å²) in [5.41, 5.74) is 1.42. The van der Waals surface area contributed by atoms with Crippen LogP contribution in [0.2, 0.25) is 0 Å². The minimum atomic E-state index is -0.575. The summed E-state index contributed by atoms with van der Waals surface area (Å²) in [5, 5.41) is 23.5. The van der Waals surface area contributed by atoms with E-state index in [2.05, 4.69) is 5.32 Å². The van der Waals surface area contributed by atoms with Gasteiger partial charge in [-0.05, 0) is 44.2 Å². The molecule has 4 unspecified atom stereocenters. The number of fused-ring (bicyclic) bond motifs is 3. The minimum Gasteiger partial charge on any atom is -0.507 e. The summed E-state index contributed by atoms with van der Waals surface area (Å²) in [6.07, 6.45) is 10.3. The van der Waals surface area contributed by atoms with Gasteiger partial charge in [-0.2, -0.15) is 0 Å². The number of carbonyl (C=O) groups is 2. The van der Waals surface area contributed by atoms with Gasteiger partial charge in [-0.1, -0.05) is 43.4 Å². The van der Waals surface area contributed by atoms with E-state index in [9.17, 15) is 19.8 Å². The van der Waals surface area contributed by atoms with E-state index < -0.39 is 18.2 Å². The smallest absolute Gasteiger partial charge is 0.342 e. The highest BCUT2D eigenvalue weighted by Crippen LogP contribution is 2.32. The van der Waals surface area contributed by atoms with Crippen LogP contribution < -0.4 is 5.32 Å². The number of phenolic OH excluding ortho intramolecular Hbond substituents is 1. The summed E-state index contributed by atoms with van der Waals surface area (Å²) >= 11 is 0. The molecule has 2 aliphatic heterocycles. The molecular weight excluding hydrogens is 422 g/mol. The summed E-state index contributed by atoms with van der Waals surface area (Å²) in [7, 11) is 0. The fraction of sp³-hybridized carbons (Fsp3) is 0.462. The zero-order valence-electron chi connectivity index (χ0n) is 19.2. The average molecular weight is 456 g/mol. The number of allylic oxidation sites excluding steroid dienone is 4. The number of cyclic esters (lactones) is 1. The minimum absolute atomic E-state index is 0.132. The van der Waals surface area contributed by atoms with Gasteiger partial charge in [0.15, 0.2) is 0 Å². The molecule has 0 saturated carbocycles. The van der Waals surface area contributed by atoms with E-state index in [1.165, 1.54) is 12.1 Å². The number of amides is 1. The predicted octanol–water partition coefficient (Wildman–Crippen LogP) is 3.70. The highest BCUT2D eigenvalue weighted by Gasteiger charge is 2.34. The Balaban J connectivity index is 1.75. The lowest BCUT2D eigenvalue weighted by Gasteiger charge is -2.36. The Hall–Kier alpha value is -2.90. The SMILES string of the molecule is CC/C=C\C=C/C(=O)N/C(C)=C/CC1CC2CC(O)CC(Cc3cccc(O)c3C(=O)O1)O2. The molecule has 2 heterocycles. The number of hydrogen-bond acceptors (Lipinski definition) is 6. The maximum Gasteiger partial charge on any atom is 0.342 e. The number of rotatable bonds is 6. The number of nitrogens with one attached hydrogen (secondary N) is 1. The van der Waals surface area contributed by atoms with Crippen LogP contribution in [0.15, 0.2) is 54.3 Å². The van der Waals surface area contributed by atoms with Crippen molar-refractivity contribution in [2.45, 2.75) is 76.8 Å². The van der Waals surface area contributed by atoms with Crippen molar-refractivity contribution in [1.82, 2.24) is 5.32 Å². The van der Waals surface area contributed by atoms with Gasteiger partial charge in [-0.15, -0.1) is 0 Å². The predicted molar refractivity (Wildman–Crippen MR) is 125 cm³/mol. The second-order valence-corrected chi connectivity index (χ2v) is 8.59. The van der Waals surface area contributed by atoms with Crippen LogP contribution in [0.3, 0.4) is 0 Å². The van der Waals surface area contributed by atoms with Gasteiger partial charge in [0.25, 0.3) is 0 Å². The molecule has 2 bridgehead atoms. The number of aromatic hydroxyl groups is 1. The van der Waals surface area contributed by atoms with Crippen molar-refractivity contribution in [1.29, 1.82) is 0 Å². The monoisotopic (exact) mass is 455 g/mol. The highest BCUT2D eigenvalue weighted by molar-refractivity contribution is 5.94. The number of aliphatic hydroxyl groups excluding tert-OH is 1. The van der Waals surface area contributed by atoms with Crippen LogP contribution in [-0.4, -0.2) is 46.5 Å². The Bertz CT molecular complexity index is 935. The van der Waals surface area contributed by atoms with Crippen molar-refractivity contribution in [2.24, 2.45) is 0 Å². The molecular formula is C26H33NO6. The molecule has 178 valence electrons. The van der Waals surface area contributed by atoms with Crippen LogP contribution in [0, 0.1) is 0 Å². The van der Waals surface area contributed by atoms with Crippen molar-refractivity contribution >= 4 is 11.9 Å². The zero-order valence-corrected chi connectivity index (χ0v) is 19.2. The van der Waals surface area contributed by atoms with Gasteiger partial charge in [-0.25, -0.2) is 4.79 Å². The van der Waals surface area contributed by atoms with Crippen molar-refractivity contribution < 1.29 is 29.3 Å². The Kier molecular flexibility index (Phi) is 8.86. The van der Waals surface area contributed by atoms with E-state index in [1.807, 2.05) is 19.1 Å². The van der Waals surface area contributed by atoms with Crippen molar-refractivity contribution in [3.8, 4) is 5.75 Å². The Morgan fingerprint density at radius 1 is 1.21 bits per heavy atom. The molecule has 0 radical (unpaired) electrons. The first-order valence-corrected chi connectivity index (χ1v) is 11.5. The van der Waals surface area contributed by atoms with Gasteiger partial charge in [0.1, 0.15) is 17.4 Å². The van der Waals surface area contributed by atoms with E-state index in [1.54, 1.807) is 31.2 Å². The maximum atomic E-state index is 13.0. The molecule has 7 nitrogen and oxygen atoms in total. The summed E-state index contributed by atoms with van der Waals surface area (Å²) < 4.78 is 12.0. The van der Waals surface area contributed by atoms with Gasteiger partial charge >= 0.3 is 5.97 Å². The molecule has 33 heavy (non-hydrogen) atoms. The molecule has 1 amide bonds. The number of ether oxygens (including phenoxy) is 2. The summed E-state index contributed by atoms with van der Waals surface area (Å²) in [5.74, 6) is -0.949. The van der Waals surface area contributed by atoms with E-state index >= 15 is 0 Å². The molecule has 4 atom stereocenters. The number of benzene rings is 1. The van der Waals surface area contributed by atoms with Crippen molar-refractivity contribution in [3.05, 3.63) is 65.4 Å². The van der Waals surface area contributed by atoms with Gasteiger partial charge < -0.3 is 25.0 Å². The van der Waals surface area contributed by atoms with E-state index in [4.69, 9.17) is 9.47 Å². The molecule has 1 fully saturated rings. The normalized spacial score (nSPS) is 26.2. The standard InChI is InChI=1S/C26H33NO6/c1-3-4-5-6-10-24(30)27-17(2)11-12-20-16-22-15-19(28)14-21(32-22)13-18-8-7-9-23(29)25(18)26(31)33-20/h4-11,19-22,28-29H,3,12-16H2,1-2H3,(H,27,30)/b5-4-,10-6-,17-11+. The number of aliphatic hydroxyl groups is 1. The van der Waals surface area contributed by atoms with Crippen molar-refractivity contribution in [2.75, 3.05) is 0 Å². The summed E-state index contributed by atoms with van der Waals surface area (Å²) in [6, 6.07) is 4.92. The number of hydrogen-bond donors (Lipinski definition) is 3. The van der Waals surface area contributed by atoms with Crippen molar-refractivity contribution in [3.63, 3.8) is 0 Å². The van der Waals surface area contributed by atoms with Crippen LogP contribution in [0.1, 0.15) is 61.9 Å². The molecule has 1 aromatic rings. The van der Waals surface area contributed by atoms with E-state index in [0.717, 1.165) is 6.42 Å². The first-order chi connectivity index (χ1) is 15.9. The third-order valence-electron chi connectivity index (χ3n) is 5.77. The third-order valence-corrected chi connectivity index (χ3v) is 5.77. The van der Waals surface area contributed by atoms with Gasteiger partial charge in [-0.3, -0.25) is 4.79 Å². The largest absolute Gasteiger partial charge is 0.507 e. The molecule has 0 aliphatic carbocycles. The molecule has 2 aliphatic rings. The van der Waals surface area contributed by atoms with Crippen LogP contribution in [-0.2, 0) is 20.7 Å². The third kappa shape index (κ3) is 7.30. The molecule has 0 spiro atoms. The number of phenols is 1. The lowest BCUT2D eigenvalue weighted by Crippen LogP contribution is -2.40. The van der Waals surface area contributed by atoms with Crippen LogP contribution in [0.25, 0.3) is 0 Å². The first-order valence-electron chi connectivity index (χ1n) is 11.5. The van der Waals surface area contributed by atoms with E-state index in [-0.39, 0.29) is 29.4 Å². The highest BCUT2D eigenvalue weighted by atomic mass is 16.5.